The number of ether oxygens (including phenoxy) is 1. The lowest BCUT2D eigenvalue weighted by Gasteiger charge is -2.32. The topological polar surface area (TPSA) is 53.5 Å². The summed E-state index contributed by atoms with van der Waals surface area (Å²) in [4.78, 5) is 8.19. The first kappa shape index (κ1) is 16.5. The lowest BCUT2D eigenvalue weighted by Crippen LogP contribution is -2.41. The number of hydrogen-bond acceptors (Lipinski definition) is 5. The van der Waals surface area contributed by atoms with Crippen molar-refractivity contribution in [1.29, 1.82) is 0 Å². The van der Waals surface area contributed by atoms with E-state index in [1.165, 1.54) is 0 Å². The Bertz CT molecular complexity index is 528. The summed E-state index contributed by atoms with van der Waals surface area (Å²) >= 11 is 5.88. The number of aromatic nitrogens is 2. The molecule has 7 heteroatoms. The summed E-state index contributed by atoms with van der Waals surface area (Å²) in [7, 11) is -0.579. The molecule has 0 aromatic carbocycles. The van der Waals surface area contributed by atoms with Crippen LogP contribution in [-0.2, 0) is 9.31 Å². The van der Waals surface area contributed by atoms with Gasteiger partial charge in [0.1, 0.15) is 5.60 Å². The van der Waals surface area contributed by atoms with Crippen LogP contribution in [0.5, 0.6) is 5.88 Å². The maximum atomic E-state index is 6.02. The molecule has 0 unspecified atom stereocenters. The molecule has 0 amide bonds. The molecule has 0 spiro atoms. The predicted molar refractivity (Wildman–Crippen MR) is 83.1 cm³/mol. The molecule has 0 aliphatic carbocycles. The Morgan fingerprint density at radius 1 is 1.14 bits per heavy atom. The van der Waals surface area contributed by atoms with E-state index >= 15 is 0 Å². The highest BCUT2D eigenvalue weighted by Crippen LogP contribution is 2.37. The quantitative estimate of drug-likeness (QED) is 0.620. The fourth-order valence-electron chi connectivity index (χ4n) is 1.86. The molecule has 1 aromatic heterocycles. The summed E-state index contributed by atoms with van der Waals surface area (Å²) < 4.78 is 17.9. The highest BCUT2D eigenvalue weighted by Gasteiger charge is 2.53. The highest BCUT2D eigenvalue weighted by molar-refractivity contribution is 6.63. The van der Waals surface area contributed by atoms with E-state index in [2.05, 4.69) is 9.97 Å². The van der Waals surface area contributed by atoms with Gasteiger partial charge >= 0.3 is 7.12 Å². The van der Waals surface area contributed by atoms with Crippen molar-refractivity contribution in [3.8, 4) is 5.88 Å². The molecule has 1 fully saturated rings. The van der Waals surface area contributed by atoms with Crippen LogP contribution in [0.15, 0.2) is 6.20 Å². The first-order valence-corrected chi connectivity index (χ1v) is 7.36. The van der Waals surface area contributed by atoms with Gasteiger partial charge in [-0.1, -0.05) is 0 Å². The molecule has 0 radical (unpaired) electrons. The van der Waals surface area contributed by atoms with Crippen molar-refractivity contribution < 1.29 is 14.0 Å². The van der Waals surface area contributed by atoms with Crippen molar-refractivity contribution in [2.75, 3.05) is 0 Å². The van der Waals surface area contributed by atoms with Gasteiger partial charge < -0.3 is 14.0 Å². The molecule has 0 N–H and O–H groups in total. The Hall–Kier alpha value is -0.845. The lowest BCUT2D eigenvalue weighted by atomic mass is 9.80. The van der Waals surface area contributed by atoms with Crippen LogP contribution < -0.4 is 10.2 Å². The monoisotopic (exact) mass is 312 g/mol. The van der Waals surface area contributed by atoms with Crippen molar-refractivity contribution in [3.63, 3.8) is 0 Å². The molecule has 0 saturated carbocycles. The molecule has 116 valence electrons. The van der Waals surface area contributed by atoms with E-state index in [9.17, 15) is 0 Å². The van der Waals surface area contributed by atoms with Crippen LogP contribution >= 0.6 is 11.6 Å². The third kappa shape index (κ3) is 3.50. The van der Waals surface area contributed by atoms with Gasteiger partial charge in [0.15, 0.2) is 0 Å². The zero-order valence-corrected chi connectivity index (χ0v) is 14.4. The van der Waals surface area contributed by atoms with Crippen molar-refractivity contribution in [2.24, 2.45) is 0 Å². The van der Waals surface area contributed by atoms with Gasteiger partial charge in [0.25, 0.3) is 0 Å². The van der Waals surface area contributed by atoms with Gasteiger partial charge in [-0.2, -0.15) is 4.98 Å². The number of halogens is 1. The summed E-state index contributed by atoms with van der Waals surface area (Å²) in [5.74, 6) is 0.390. The van der Waals surface area contributed by atoms with Gasteiger partial charge in [-0.15, -0.1) is 0 Å². The first-order valence-electron chi connectivity index (χ1n) is 6.98. The van der Waals surface area contributed by atoms with E-state index in [-0.39, 0.29) is 5.28 Å². The van der Waals surface area contributed by atoms with E-state index in [1.807, 2.05) is 48.5 Å². The Morgan fingerprint density at radius 3 is 2.14 bits per heavy atom. The van der Waals surface area contributed by atoms with Crippen LogP contribution in [0.4, 0.5) is 0 Å². The second-order valence-electron chi connectivity index (χ2n) is 7.20. The Labute approximate surface area is 131 Å². The lowest BCUT2D eigenvalue weighted by molar-refractivity contribution is 0.00578. The average molecular weight is 313 g/mol. The van der Waals surface area contributed by atoms with Gasteiger partial charge in [-0.3, -0.25) is 0 Å². The molecular weight excluding hydrogens is 290 g/mol. The minimum atomic E-state index is -0.579. The minimum Gasteiger partial charge on any atom is -0.472 e. The van der Waals surface area contributed by atoms with Crippen LogP contribution in [0.1, 0.15) is 48.5 Å². The molecule has 2 rings (SSSR count). The first-order chi connectivity index (χ1) is 9.41. The molecule has 2 heterocycles. The minimum absolute atomic E-state index is 0.134. The number of nitrogens with zero attached hydrogens (tertiary/aromatic N) is 2. The van der Waals surface area contributed by atoms with Crippen LogP contribution in [0.3, 0.4) is 0 Å². The number of hydrogen-bond donors (Lipinski definition) is 0. The second-order valence-corrected chi connectivity index (χ2v) is 7.54. The van der Waals surface area contributed by atoms with E-state index in [0.29, 0.717) is 11.3 Å². The van der Waals surface area contributed by atoms with Crippen molar-refractivity contribution in [2.45, 2.75) is 65.3 Å². The second kappa shape index (κ2) is 5.11. The largest absolute Gasteiger partial charge is 0.502 e. The summed E-state index contributed by atoms with van der Waals surface area (Å²) in [6.45, 7) is 13.8. The van der Waals surface area contributed by atoms with E-state index in [0.717, 1.165) is 0 Å². The smallest absolute Gasteiger partial charge is 0.472 e. The van der Waals surface area contributed by atoms with Gasteiger partial charge in [-0.05, 0) is 60.1 Å². The Kier molecular flexibility index (Phi) is 4.02. The van der Waals surface area contributed by atoms with Crippen molar-refractivity contribution in [3.05, 3.63) is 11.5 Å². The normalized spacial score (nSPS) is 20.7. The van der Waals surface area contributed by atoms with Gasteiger partial charge in [0.05, 0.1) is 16.7 Å². The van der Waals surface area contributed by atoms with E-state index in [4.69, 9.17) is 25.6 Å². The zero-order chi connectivity index (χ0) is 16.1. The molecule has 1 aliphatic heterocycles. The van der Waals surface area contributed by atoms with Crippen LogP contribution in [0, 0.1) is 0 Å². The molecule has 5 nitrogen and oxygen atoms in total. The van der Waals surface area contributed by atoms with Gasteiger partial charge in [0.2, 0.25) is 11.2 Å². The Morgan fingerprint density at radius 2 is 1.67 bits per heavy atom. The van der Waals surface area contributed by atoms with E-state index in [1.54, 1.807) is 6.20 Å². The summed E-state index contributed by atoms with van der Waals surface area (Å²) in [5, 5.41) is 0.134. The zero-order valence-electron chi connectivity index (χ0n) is 13.7. The fourth-order valence-corrected chi connectivity index (χ4v) is 1.98. The van der Waals surface area contributed by atoms with E-state index < -0.39 is 23.9 Å². The molecular formula is C14H22BClN2O3. The maximum absolute atomic E-state index is 6.02. The average Bonchev–Trinajstić information content (AvgIpc) is 2.45. The van der Waals surface area contributed by atoms with Crippen LogP contribution in [-0.4, -0.2) is 33.9 Å². The van der Waals surface area contributed by atoms with Crippen LogP contribution in [0.2, 0.25) is 5.28 Å². The third-order valence-corrected chi connectivity index (χ3v) is 3.84. The van der Waals surface area contributed by atoms with Gasteiger partial charge in [0, 0.05) is 6.20 Å². The van der Waals surface area contributed by atoms with Crippen LogP contribution in [0.25, 0.3) is 0 Å². The molecule has 1 aromatic rings. The molecule has 0 bridgehead atoms. The maximum Gasteiger partial charge on any atom is 0.502 e. The SMILES string of the molecule is CC(C)(C)Oc1nc(Cl)ncc1B1OC(C)(C)C(C)(C)O1. The Balaban J connectivity index is 2.37. The third-order valence-electron chi connectivity index (χ3n) is 3.66. The molecule has 0 atom stereocenters. The fraction of sp³-hybridized carbons (Fsp3) is 0.714. The van der Waals surface area contributed by atoms with Crippen molar-refractivity contribution >= 4 is 24.2 Å². The number of rotatable bonds is 2. The predicted octanol–water partition coefficient (Wildman–Crippen LogP) is 2.61. The van der Waals surface area contributed by atoms with Gasteiger partial charge in [-0.25, -0.2) is 4.98 Å². The standard InChI is InChI=1S/C14H22BClN2O3/c1-12(2,3)19-10-9(8-17-11(16)18-10)15-20-13(4,5)14(6,7)21-15/h8H,1-7H3. The summed E-state index contributed by atoms with van der Waals surface area (Å²) in [5.41, 5.74) is -0.629. The summed E-state index contributed by atoms with van der Waals surface area (Å²) in [6, 6.07) is 0. The highest BCUT2D eigenvalue weighted by atomic mass is 35.5. The molecule has 21 heavy (non-hydrogen) atoms. The summed E-state index contributed by atoms with van der Waals surface area (Å²) in [6.07, 6.45) is 1.60. The van der Waals surface area contributed by atoms with Crippen molar-refractivity contribution in [1.82, 2.24) is 9.97 Å². The molecule has 1 saturated heterocycles. The molecule has 1 aliphatic rings.